The van der Waals surface area contributed by atoms with Gasteiger partial charge in [0.05, 0.1) is 6.33 Å². The summed E-state index contributed by atoms with van der Waals surface area (Å²) < 4.78 is 19.3. The molecule has 0 bridgehead atoms. The van der Waals surface area contributed by atoms with Crippen LogP contribution in [-0.2, 0) is 0 Å². The molecule has 7 heteroatoms. The second kappa shape index (κ2) is 4.76. The summed E-state index contributed by atoms with van der Waals surface area (Å²) in [6.45, 7) is 1.86. The smallest absolute Gasteiger partial charge is 0.250 e. The third-order valence-corrected chi connectivity index (χ3v) is 2.77. The van der Waals surface area contributed by atoms with Crippen molar-refractivity contribution >= 4 is 17.1 Å². The Labute approximate surface area is 114 Å². The molecule has 0 aliphatic carbocycles. The van der Waals surface area contributed by atoms with Crippen molar-refractivity contribution in [1.82, 2.24) is 19.9 Å². The van der Waals surface area contributed by atoms with Gasteiger partial charge in [0.2, 0.25) is 5.95 Å². The molecule has 0 aliphatic heterocycles. The number of halogens is 1. The number of benzene rings is 1. The first kappa shape index (κ1) is 12.3. The largest absolute Gasteiger partial charge is 0.434 e. The predicted octanol–water partition coefficient (Wildman–Crippen LogP) is 2.63. The molecule has 102 valence electrons. The van der Waals surface area contributed by atoms with Crippen LogP contribution in [0.15, 0.2) is 24.5 Å². The number of nitrogens with zero attached hydrogens (tertiary/aromatic N) is 3. The van der Waals surface area contributed by atoms with Crippen LogP contribution in [0.5, 0.6) is 11.6 Å². The molecule has 0 saturated carbocycles. The Morgan fingerprint density at radius 2 is 2.15 bits per heavy atom. The third kappa shape index (κ3) is 2.13. The Morgan fingerprint density at radius 3 is 2.95 bits per heavy atom. The summed E-state index contributed by atoms with van der Waals surface area (Å²) in [6, 6.07) is 4.64. The molecule has 0 atom stereocenters. The Bertz CT molecular complexity index is 771. The van der Waals surface area contributed by atoms with Gasteiger partial charge in [0.1, 0.15) is 5.52 Å². The first-order chi connectivity index (χ1) is 9.67. The van der Waals surface area contributed by atoms with Crippen LogP contribution < -0.4 is 10.1 Å². The number of aromatic amines is 1. The average molecular weight is 273 g/mol. The summed E-state index contributed by atoms with van der Waals surface area (Å²) in [5.41, 5.74) is 1.86. The number of hydrogen-bond acceptors (Lipinski definition) is 5. The van der Waals surface area contributed by atoms with Crippen molar-refractivity contribution in [3.8, 4) is 11.6 Å². The van der Waals surface area contributed by atoms with Gasteiger partial charge >= 0.3 is 0 Å². The lowest BCUT2D eigenvalue weighted by Crippen LogP contribution is -2.00. The first-order valence-corrected chi connectivity index (χ1v) is 6.00. The van der Waals surface area contributed by atoms with E-state index in [9.17, 15) is 4.39 Å². The van der Waals surface area contributed by atoms with Crippen LogP contribution in [0, 0.1) is 12.7 Å². The van der Waals surface area contributed by atoms with Gasteiger partial charge < -0.3 is 15.0 Å². The molecule has 2 N–H and O–H groups in total. The second-order valence-electron chi connectivity index (χ2n) is 4.24. The zero-order chi connectivity index (χ0) is 14.1. The molecule has 1 aromatic carbocycles. The Hall–Kier alpha value is -2.70. The number of rotatable bonds is 3. The van der Waals surface area contributed by atoms with Crippen molar-refractivity contribution in [1.29, 1.82) is 0 Å². The van der Waals surface area contributed by atoms with E-state index >= 15 is 0 Å². The highest BCUT2D eigenvalue weighted by molar-refractivity contribution is 5.77. The number of fused-ring (bicyclic) bond motifs is 1. The van der Waals surface area contributed by atoms with Gasteiger partial charge in [-0.3, -0.25) is 0 Å². The Kier molecular flexibility index (Phi) is 2.94. The van der Waals surface area contributed by atoms with E-state index in [4.69, 9.17) is 4.74 Å². The fraction of sp³-hybridized carbons (Fsp3) is 0.154. The Morgan fingerprint density at radius 1 is 1.30 bits per heavy atom. The van der Waals surface area contributed by atoms with E-state index in [1.54, 1.807) is 19.2 Å². The molecule has 20 heavy (non-hydrogen) atoms. The molecule has 0 fully saturated rings. The molecule has 0 spiro atoms. The predicted molar refractivity (Wildman–Crippen MR) is 72.4 cm³/mol. The highest BCUT2D eigenvalue weighted by atomic mass is 19.1. The first-order valence-electron chi connectivity index (χ1n) is 6.00. The minimum Gasteiger partial charge on any atom is -0.434 e. The van der Waals surface area contributed by atoms with Crippen LogP contribution in [-0.4, -0.2) is 27.0 Å². The van der Waals surface area contributed by atoms with Gasteiger partial charge in [-0.1, -0.05) is 6.07 Å². The van der Waals surface area contributed by atoms with Crippen molar-refractivity contribution in [2.45, 2.75) is 6.92 Å². The second-order valence-corrected chi connectivity index (χ2v) is 4.24. The number of ether oxygens (including phenoxy) is 1. The maximum atomic E-state index is 13.8. The van der Waals surface area contributed by atoms with Gasteiger partial charge in [-0.25, -0.2) is 9.37 Å². The fourth-order valence-electron chi connectivity index (χ4n) is 1.79. The minimum atomic E-state index is -0.451. The molecular formula is C13H12FN5O. The van der Waals surface area contributed by atoms with Crippen molar-refractivity contribution in [2.75, 3.05) is 12.4 Å². The molecule has 0 unspecified atom stereocenters. The molecule has 0 amide bonds. The maximum Gasteiger partial charge on any atom is 0.250 e. The van der Waals surface area contributed by atoms with Crippen LogP contribution in [0.2, 0.25) is 0 Å². The van der Waals surface area contributed by atoms with Crippen LogP contribution in [0.1, 0.15) is 5.56 Å². The number of aryl methyl sites for hydroxylation is 1. The van der Waals surface area contributed by atoms with Crippen LogP contribution in [0.4, 0.5) is 10.3 Å². The summed E-state index contributed by atoms with van der Waals surface area (Å²) in [7, 11) is 1.69. The number of imidazole rings is 1. The van der Waals surface area contributed by atoms with E-state index in [0.29, 0.717) is 17.1 Å². The molecule has 3 rings (SSSR count). The number of nitrogens with one attached hydrogen (secondary N) is 2. The summed E-state index contributed by atoms with van der Waals surface area (Å²) in [6.07, 6.45) is 1.48. The van der Waals surface area contributed by atoms with Crippen molar-refractivity contribution in [3.05, 3.63) is 35.9 Å². The van der Waals surface area contributed by atoms with Crippen molar-refractivity contribution in [2.24, 2.45) is 0 Å². The van der Waals surface area contributed by atoms with Crippen LogP contribution in [0.3, 0.4) is 0 Å². The van der Waals surface area contributed by atoms with Gasteiger partial charge in [0.25, 0.3) is 5.88 Å². The van der Waals surface area contributed by atoms with Crippen molar-refractivity contribution in [3.63, 3.8) is 0 Å². The lowest BCUT2D eigenvalue weighted by atomic mass is 10.2. The standard InChI is InChI=1S/C13H12FN5O/c1-7-3-4-8(14)9(5-7)20-12-10-11(17-6-16-10)18-13(15-2)19-12/h3-6H,1-2H3,(H2,15,16,17,18,19). The van der Waals surface area contributed by atoms with E-state index < -0.39 is 5.82 Å². The van der Waals surface area contributed by atoms with Gasteiger partial charge in [0.15, 0.2) is 17.2 Å². The monoisotopic (exact) mass is 273 g/mol. The molecule has 2 heterocycles. The molecule has 0 saturated heterocycles. The molecule has 0 radical (unpaired) electrons. The maximum absolute atomic E-state index is 13.8. The van der Waals surface area contributed by atoms with Gasteiger partial charge in [0, 0.05) is 7.05 Å². The minimum absolute atomic E-state index is 0.113. The molecular weight excluding hydrogens is 261 g/mol. The molecule has 2 aromatic heterocycles. The number of aromatic nitrogens is 4. The SMILES string of the molecule is CNc1nc(Oc2cc(C)ccc2F)c2[nH]cnc2n1. The number of anilines is 1. The highest BCUT2D eigenvalue weighted by Gasteiger charge is 2.13. The Balaban J connectivity index is 2.09. The lowest BCUT2D eigenvalue weighted by Gasteiger charge is -2.08. The van der Waals surface area contributed by atoms with Crippen molar-refractivity contribution < 1.29 is 9.13 Å². The van der Waals surface area contributed by atoms with E-state index in [2.05, 4.69) is 25.3 Å². The quantitative estimate of drug-likeness (QED) is 0.767. The summed E-state index contributed by atoms with van der Waals surface area (Å²) in [4.78, 5) is 15.3. The summed E-state index contributed by atoms with van der Waals surface area (Å²) >= 11 is 0. The van der Waals surface area contributed by atoms with E-state index in [1.807, 2.05) is 6.92 Å². The number of H-pyrrole nitrogens is 1. The van der Waals surface area contributed by atoms with E-state index in [1.165, 1.54) is 12.4 Å². The zero-order valence-corrected chi connectivity index (χ0v) is 10.9. The van der Waals surface area contributed by atoms with E-state index in [-0.39, 0.29) is 11.6 Å². The average Bonchev–Trinajstić information content (AvgIpc) is 2.91. The summed E-state index contributed by atoms with van der Waals surface area (Å²) in [5.74, 6) is 0.239. The van der Waals surface area contributed by atoms with Crippen LogP contribution >= 0.6 is 0 Å². The number of hydrogen-bond donors (Lipinski definition) is 2. The van der Waals surface area contributed by atoms with E-state index in [0.717, 1.165) is 5.56 Å². The molecule has 3 aromatic rings. The topological polar surface area (TPSA) is 75.7 Å². The summed E-state index contributed by atoms with van der Waals surface area (Å²) in [5, 5.41) is 2.81. The van der Waals surface area contributed by atoms with Gasteiger partial charge in [-0.2, -0.15) is 9.97 Å². The lowest BCUT2D eigenvalue weighted by molar-refractivity contribution is 0.431. The zero-order valence-electron chi connectivity index (χ0n) is 10.9. The molecule has 6 nitrogen and oxygen atoms in total. The molecule has 0 aliphatic rings. The van der Waals surface area contributed by atoms with Gasteiger partial charge in [-0.05, 0) is 24.6 Å². The normalized spacial score (nSPS) is 10.8. The van der Waals surface area contributed by atoms with Crippen LogP contribution in [0.25, 0.3) is 11.2 Å². The third-order valence-electron chi connectivity index (χ3n) is 2.77. The highest BCUT2D eigenvalue weighted by Crippen LogP contribution is 2.28. The van der Waals surface area contributed by atoms with Gasteiger partial charge in [-0.15, -0.1) is 0 Å². The fourth-order valence-corrected chi connectivity index (χ4v) is 1.79.